The molecule has 1 aromatic carbocycles. The van der Waals surface area contributed by atoms with Gasteiger partial charge in [0.25, 0.3) is 10.1 Å². The van der Waals surface area contributed by atoms with Crippen molar-refractivity contribution < 1.29 is 13.0 Å². The topological polar surface area (TPSA) is 54.4 Å². The molecular formula is C21H36O3S. The normalized spacial score (nSPS) is 13.1. The van der Waals surface area contributed by atoms with Gasteiger partial charge in [-0.05, 0) is 30.0 Å². The Labute approximate surface area is 155 Å². The average molecular weight is 369 g/mol. The largest absolute Gasteiger partial charge is 0.294 e. The summed E-state index contributed by atoms with van der Waals surface area (Å²) in [5.74, 6) is 0.425. The highest BCUT2D eigenvalue weighted by atomic mass is 32.2. The van der Waals surface area contributed by atoms with Crippen molar-refractivity contribution in [3.8, 4) is 0 Å². The van der Waals surface area contributed by atoms with Gasteiger partial charge in [0, 0.05) is 0 Å². The molecule has 0 fully saturated rings. The number of benzene rings is 1. The number of hydrogen-bond donors (Lipinski definition) is 1. The average Bonchev–Trinajstić information content (AvgIpc) is 2.59. The van der Waals surface area contributed by atoms with E-state index in [-0.39, 0.29) is 4.90 Å². The zero-order chi connectivity index (χ0) is 18.5. The summed E-state index contributed by atoms with van der Waals surface area (Å²) in [7, 11) is -4.08. The summed E-state index contributed by atoms with van der Waals surface area (Å²) in [4.78, 5) is -0.0295. The zero-order valence-corrected chi connectivity index (χ0v) is 16.9. The van der Waals surface area contributed by atoms with Crippen molar-refractivity contribution in [1.29, 1.82) is 0 Å². The Balaban J connectivity index is 2.08. The summed E-state index contributed by atoms with van der Waals surface area (Å²) in [5, 5.41) is 0. The third-order valence-electron chi connectivity index (χ3n) is 4.99. The molecule has 0 saturated carbocycles. The fourth-order valence-electron chi connectivity index (χ4n) is 3.25. The highest BCUT2D eigenvalue weighted by Gasteiger charge is 2.11. The first-order valence-electron chi connectivity index (χ1n) is 10.0. The Kier molecular flexibility index (Phi) is 11.1. The zero-order valence-electron chi connectivity index (χ0n) is 16.0. The number of hydrogen-bond acceptors (Lipinski definition) is 2. The monoisotopic (exact) mass is 368 g/mol. The summed E-state index contributed by atoms with van der Waals surface area (Å²) >= 11 is 0. The van der Waals surface area contributed by atoms with Crippen molar-refractivity contribution in [2.45, 2.75) is 102 Å². The maximum Gasteiger partial charge on any atom is 0.294 e. The molecule has 0 saturated heterocycles. The van der Waals surface area contributed by atoms with E-state index in [0.717, 1.165) is 12.0 Å². The molecule has 0 aliphatic carbocycles. The predicted molar refractivity (Wildman–Crippen MR) is 106 cm³/mol. The minimum absolute atomic E-state index is 0.0295. The van der Waals surface area contributed by atoms with Crippen molar-refractivity contribution in [2.24, 2.45) is 0 Å². The van der Waals surface area contributed by atoms with Gasteiger partial charge in [0.1, 0.15) is 0 Å². The molecule has 0 amide bonds. The van der Waals surface area contributed by atoms with Gasteiger partial charge < -0.3 is 0 Å². The van der Waals surface area contributed by atoms with Crippen LogP contribution in [0, 0.1) is 0 Å². The SMILES string of the molecule is CCCCCCCCCCCCCC(C)c1ccc(S(=O)(=O)O)cc1. The second-order valence-electron chi connectivity index (χ2n) is 7.27. The molecule has 1 unspecified atom stereocenters. The molecule has 0 aromatic heterocycles. The molecule has 1 atom stereocenters. The molecule has 144 valence electrons. The second kappa shape index (κ2) is 12.5. The quantitative estimate of drug-likeness (QED) is 0.292. The molecule has 3 nitrogen and oxygen atoms in total. The highest BCUT2D eigenvalue weighted by molar-refractivity contribution is 7.85. The van der Waals surface area contributed by atoms with Crippen LogP contribution in [0.5, 0.6) is 0 Å². The van der Waals surface area contributed by atoms with Crippen molar-refractivity contribution >= 4 is 10.1 Å². The van der Waals surface area contributed by atoms with E-state index in [1.807, 2.05) is 12.1 Å². The molecule has 1 rings (SSSR count). The van der Waals surface area contributed by atoms with Gasteiger partial charge in [-0.15, -0.1) is 0 Å². The molecule has 0 bridgehead atoms. The van der Waals surface area contributed by atoms with E-state index >= 15 is 0 Å². The van der Waals surface area contributed by atoms with Crippen LogP contribution in [0.25, 0.3) is 0 Å². The van der Waals surface area contributed by atoms with E-state index in [9.17, 15) is 8.42 Å². The Morgan fingerprint density at radius 3 is 1.68 bits per heavy atom. The van der Waals surface area contributed by atoms with Crippen molar-refractivity contribution in [1.82, 2.24) is 0 Å². The van der Waals surface area contributed by atoms with Gasteiger partial charge in [-0.3, -0.25) is 4.55 Å². The van der Waals surface area contributed by atoms with Crippen LogP contribution in [0.3, 0.4) is 0 Å². The van der Waals surface area contributed by atoms with Crippen LogP contribution in [0.2, 0.25) is 0 Å². The van der Waals surface area contributed by atoms with E-state index in [2.05, 4.69) is 13.8 Å². The van der Waals surface area contributed by atoms with Gasteiger partial charge in [-0.1, -0.05) is 96.6 Å². The molecule has 0 aliphatic heterocycles. The number of rotatable bonds is 14. The lowest BCUT2D eigenvalue weighted by Gasteiger charge is -2.12. The Bertz CT molecular complexity index is 549. The molecule has 0 aliphatic rings. The van der Waals surface area contributed by atoms with Crippen molar-refractivity contribution in [2.75, 3.05) is 0 Å². The summed E-state index contributed by atoms with van der Waals surface area (Å²) in [6.07, 6.45) is 16.0. The first-order valence-corrected chi connectivity index (χ1v) is 11.5. The van der Waals surface area contributed by atoms with Gasteiger partial charge in [0.05, 0.1) is 4.90 Å². The molecular weight excluding hydrogens is 332 g/mol. The fourth-order valence-corrected chi connectivity index (χ4v) is 3.73. The van der Waals surface area contributed by atoms with Crippen molar-refractivity contribution in [3.63, 3.8) is 0 Å². The van der Waals surface area contributed by atoms with Crippen molar-refractivity contribution in [3.05, 3.63) is 29.8 Å². The van der Waals surface area contributed by atoms with Crippen LogP contribution >= 0.6 is 0 Å². The molecule has 0 heterocycles. The van der Waals surface area contributed by atoms with Gasteiger partial charge in [0.15, 0.2) is 0 Å². The van der Waals surface area contributed by atoms with Crippen LogP contribution in [0.15, 0.2) is 29.2 Å². The first kappa shape index (κ1) is 22.2. The smallest absolute Gasteiger partial charge is 0.282 e. The van der Waals surface area contributed by atoms with Crippen LogP contribution in [-0.2, 0) is 10.1 Å². The lowest BCUT2D eigenvalue weighted by Crippen LogP contribution is -1.99. The maximum absolute atomic E-state index is 11.1. The van der Waals surface area contributed by atoms with E-state index < -0.39 is 10.1 Å². The van der Waals surface area contributed by atoms with E-state index in [1.54, 1.807) is 0 Å². The van der Waals surface area contributed by atoms with Crippen LogP contribution in [-0.4, -0.2) is 13.0 Å². The van der Waals surface area contributed by atoms with Crippen LogP contribution in [0.1, 0.15) is 102 Å². The van der Waals surface area contributed by atoms with Gasteiger partial charge in [-0.25, -0.2) is 0 Å². The highest BCUT2D eigenvalue weighted by Crippen LogP contribution is 2.23. The minimum atomic E-state index is -4.08. The van der Waals surface area contributed by atoms with E-state index in [1.165, 1.54) is 82.8 Å². The molecule has 0 radical (unpaired) electrons. The third kappa shape index (κ3) is 10.0. The van der Waals surface area contributed by atoms with Crippen LogP contribution in [0.4, 0.5) is 0 Å². The molecule has 25 heavy (non-hydrogen) atoms. The number of unbranched alkanes of at least 4 members (excludes halogenated alkanes) is 10. The standard InChI is InChI=1S/C21H36O3S/c1-3-4-5-6-7-8-9-10-11-12-13-14-19(2)20-15-17-21(18-16-20)25(22,23)24/h15-19H,3-14H2,1-2H3,(H,22,23,24). The maximum atomic E-state index is 11.1. The summed E-state index contributed by atoms with van der Waals surface area (Å²) in [6, 6.07) is 6.60. The molecule has 1 N–H and O–H groups in total. The predicted octanol–water partition coefficient (Wildman–Crippen LogP) is 6.74. The summed E-state index contributed by atoms with van der Waals surface area (Å²) < 4.78 is 31.1. The van der Waals surface area contributed by atoms with Gasteiger partial charge in [-0.2, -0.15) is 8.42 Å². The molecule has 4 heteroatoms. The summed E-state index contributed by atoms with van der Waals surface area (Å²) in [6.45, 7) is 4.44. The van der Waals surface area contributed by atoms with E-state index in [4.69, 9.17) is 4.55 Å². The van der Waals surface area contributed by atoms with E-state index in [0.29, 0.717) is 5.92 Å². The van der Waals surface area contributed by atoms with Crippen LogP contribution < -0.4 is 0 Å². The Morgan fingerprint density at radius 1 is 0.800 bits per heavy atom. The lowest BCUT2D eigenvalue weighted by molar-refractivity contribution is 0.483. The Hall–Kier alpha value is -0.870. The van der Waals surface area contributed by atoms with Gasteiger partial charge in [0.2, 0.25) is 0 Å². The lowest BCUT2D eigenvalue weighted by atomic mass is 9.94. The first-order chi connectivity index (χ1) is 11.9. The fraction of sp³-hybridized carbons (Fsp3) is 0.714. The Morgan fingerprint density at radius 2 is 1.24 bits per heavy atom. The second-order valence-corrected chi connectivity index (χ2v) is 8.69. The molecule has 0 spiro atoms. The minimum Gasteiger partial charge on any atom is -0.282 e. The third-order valence-corrected chi connectivity index (χ3v) is 5.86. The molecule has 1 aromatic rings. The summed E-state index contributed by atoms with van der Waals surface area (Å²) in [5.41, 5.74) is 1.14. The van der Waals surface area contributed by atoms with Gasteiger partial charge >= 0.3 is 0 Å².